The van der Waals surface area contributed by atoms with E-state index in [9.17, 15) is 4.79 Å². The Morgan fingerprint density at radius 2 is 1.67 bits per heavy atom. The van der Waals surface area contributed by atoms with Gasteiger partial charge in [0, 0.05) is 0 Å². The van der Waals surface area contributed by atoms with Crippen LogP contribution in [0, 0.1) is 13.8 Å². The lowest BCUT2D eigenvalue weighted by molar-refractivity contribution is -0.113. The number of methoxy groups -OCH3 is 1. The van der Waals surface area contributed by atoms with Crippen LogP contribution in [-0.4, -0.2) is 28.2 Å². The Kier molecular flexibility index (Phi) is 4.80. The van der Waals surface area contributed by atoms with E-state index in [1.807, 2.05) is 31.2 Å². The fourth-order valence-electron chi connectivity index (χ4n) is 3.07. The molecule has 6 nitrogen and oxygen atoms in total. The molecule has 5 rings (SSSR count). The number of aliphatic imine (C=N–C) groups is 1. The average molecular weight is 453 g/mol. The van der Waals surface area contributed by atoms with Gasteiger partial charge in [-0.3, -0.25) is 4.79 Å². The van der Waals surface area contributed by atoms with Gasteiger partial charge in [0.2, 0.25) is 5.13 Å². The summed E-state index contributed by atoms with van der Waals surface area (Å²) in [5.74, 6) is -0.201. The van der Waals surface area contributed by atoms with Crippen LogP contribution in [0.4, 0.5) is 10.3 Å². The number of amidine groups is 1. The van der Waals surface area contributed by atoms with Crippen LogP contribution in [0.15, 0.2) is 52.6 Å². The summed E-state index contributed by atoms with van der Waals surface area (Å²) in [5, 5.41) is 1.71. The maximum atomic E-state index is 13.1. The Labute approximate surface area is 184 Å². The third-order valence-electron chi connectivity index (χ3n) is 4.48. The van der Waals surface area contributed by atoms with Gasteiger partial charge in [-0.1, -0.05) is 34.8 Å². The van der Waals surface area contributed by atoms with Crippen LogP contribution >= 0.6 is 34.4 Å². The van der Waals surface area contributed by atoms with Crippen molar-refractivity contribution in [1.29, 1.82) is 0 Å². The second-order valence-electron chi connectivity index (χ2n) is 6.79. The van der Waals surface area contributed by atoms with E-state index in [-0.39, 0.29) is 5.91 Å². The second kappa shape index (κ2) is 7.50. The summed E-state index contributed by atoms with van der Waals surface area (Å²) in [7, 11) is 1.52. The Morgan fingerprint density at radius 1 is 1.00 bits per heavy atom. The number of aromatic nitrogens is 2. The zero-order valence-electron chi connectivity index (χ0n) is 16.4. The van der Waals surface area contributed by atoms with E-state index in [2.05, 4.69) is 29.0 Å². The number of thioether (sulfide) groups is 1. The Bertz CT molecular complexity index is 1370. The molecular weight excluding hydrogens is 436 g/mol. The number of carbonyl (C=O) groups is 1. The summed E-state index contributed by atoms with van der Waals surface area (Å²) in [6.45, 7) is 4.09. The SMILES string of the molecule is CO/C=C1\S/C(=N\c2nc3ccc(C)cc3s2)N(c2nc3ccc(C)cc3s2)C1=O. The normalized spacial score (nSPS) is 17.2. The van der Waals surface area contributed by atoms with Crippen molar-refractivity contribution in [2.24, 2.45) is 4.99 Å². The summed E-state index contributed by atoms with van der Waals surface area (Å²) in [6.07, 6.45) is 1.45. The summed E-state index contributed by atoms with van der Waals surface area (Å²) < 4.78 is 7.20. The molecule has 2 aromatic carbocycles. The van der Waals surface area contributed by atoms with Crippen LogP contribution in [0.1, 0.15) is 11.1 Å². The van der Waals surface area contributed by atoms with Gasteiger partial charge in [0.1, 0.15) is 11.2 Å². The molecule has 0 N–H and O–H groups in total. The highest BCUT2D eigenvalue weighted by Crippen LogP contribution is 2.40. The van der Waals surface area contributed by atoms with Gasteiger partial charge >= 0.3 is 0 Å². The first kappa shape index (κ1) is 19.2. The van der Waals surface area contributed by atoms with Crippen molar-refractivity contribution in [2.75, 3.05) is 12.0 Å². The molecule has 30 heavy (non-hydrogen) atoms. The number of aryl methyl sites for hydroxylation is 2. The van der Waals surface area contributed by atoms with Crippen LogP contribution in [-0.2, 0) is 9.53 Å². The molecule has 1 fully saturated rings. The second-order valence-corrected chi connectivity index (χ2v) is 9.82. The zero-order valence-corrected chi connectivity index (χ0v) is 18.8. The Balaban J connectivity index is 1.62. The van der Waals surface area contributed by atoms with Gasteiger partial charge in [0.05, 0.1) is 27.5 Å². The Morgan fingerprint density at radius 3 is 2.37 bits per heavy atom. The molecule has 9 heteroatoms. The minimum Gasteiger partial charge on any atom is -0.503 e. The van der Waals surface area contributed by atoms with Crippen molar-refractivity contribution in [3.8, 4) is 0 Å². The molecule has 0 unspecified atom stereocenters. The molecule has 0 bridgehead atoms. The summed E-state index contributed by atoms with van der Waals surface area (Å²) >= 11 is 4.23. The first-order valence-corrected chi connectivity index (χ1v) is 11.5. The van der Waals surface area contributed by atoms with Crippen molar-refractivity contribution < 1.29 is 9.53 Å². The number of carbonyl (C=O) groups excluding carboxylic acids is 1. The first-order chi connectivity index (χ1) is 14.5. The van der Waals surface area contributed by atoms with Crippen LogP contribution in [0.3, 0.4) is 0 Å². The van der Waals surface area contributed by atoms with Gasteiger partial charge < -0.3 is 4.74 Å². The summed E-state index contributed by atoms with van der Waals surface area (Å²) in [4.78, 5) is 29.1. The number of hydrogen-bond acceptors (Lipinski definition) is 8. The predicted molar refractivity (Wildman–Crippen MR) is 126 cm³/mol. The monoisotopic (exact) mass is 452 g/mol. The van der Waals surface area contributed by atoms with Crippen molar-refractivity contribution in [1.82, 2.24) is 9.97 Å². The molecule has 3 heterocycles. The fraction of sp³-hybridized carbons (Fsp3) is 0.143. The van der Waals surface area contributed by atoms with Gasteiger partial charge in [-0.25, -0.2) is 14.9 Å². The molecular formula is C21H16N4O2S3. The van der Waals surface area contributed by atoms with E-state index in [1.165, 1.54) is 53.4 Å². The lowest BCUT2D eigenvalue weighted by Crippen LogP contribution is -2.28. The molecule has 4 aromatic rings. The van der Waals surface area contributed by atoms with Gasteiger partial charge in [-0.2, -0.15) is 4.99 Å². The highest BCUT2D eigenvalue weighted by Gasteiger charge is 2.37. The van der Waals surface area contributed by atoms with Crippen LogP contribution < -0.4 is 4.90 Å². The van der Waals surface area contributed by atoms with E-state index in [0.717, 1.165) is 26.0 Å². The van der Waals surface area contributed by atoms with Crippen LogP contribution in [0.2, 0.25) is 0 Å². The minimum absolute atomic E-state index is 0.201. The van der Waals surface area contributed by atoms with Crippen molar-refractivity contribution in [3.05, 3.63) is 58.7 Å². The van der Waals surface area contributed by atoms with E-state index < -0.39 is 0 Å². The number of nitrogens with zero attached hydrogens (tertiary/aromatic N) is 4. The van der Waals surface area contributed by atoms with E-state index in [4.69, 9.17) is 9.73 Å². The third-order valence-corrected chi connectivity index (χ3v) is 7.34. The quantitative estimate of drug-likeness (QED) is 0.291. The number of thiazole rings is 2. The number of fused-ring (bicyclic) bond motifs is 2. The number of ether oxygens (including phenoxy) is 1. The largest absolute Gasteiger partial charge is 0.503 e. The lowest BCUT2D eigenvalue weighted by Gasteiger charge is -2.10. The molecule has 1 aliphatic heterocycles. The molecule has 150 valence electrons. The molecule has 0 atom stereocenters. The summed E-state index contributed by atoms with van der Waals surface area (Å²) in [5.41, 5.74) is 4.08. The molecule has 0 aliphatic carbocycles. The highest BCUT2D eigenvalue weighted by molar-refractivity contribution is 8.19. The molecule has 2 aromatic heterocycles. The van der Waals surface area contributed by atoms with Crippen molar-refractivity contribution in [3.63, 3.8) is 0 Å². The molecule has 0 spiro atoms. The molecule has 1 amide bonds. The average Bonchev–Trinajstić information content (AvgIpc) is 3.37. The van der Waals surface area contributed by atoms with Crippen LogP contribution in [0.25, 0.3) is 20.4 Å². The van der Waals surface area contributed by atoms with Gasteiger partial charge in [0.25, 0.3) is 5.91 Å². The smallest absolute Gasteiger partial charge is 0.276 e. The number of benzene rings is 2. The first-order valence-electron chi connectivity index (χ1n) is 9.10. The van der Waals surface area contributed by atoms with Crippen molar-refractivity contribution >= 4 is 76.2 Å². The number of anilines is 1. The molecule has 1 saturated heterocycles. The maximum Gasteiger partial charge on any atom is 0.276 e. The fourth-order valence-corrected chi connectivity index (χ4v) is 6.10. The lowest BCUT2D eigenvalue weighted by atomic mass is 10.2. The predicted octanol–water partition coefficient (Wildman–Crippen LogP) is 5.78. The highest BCUT2D eigenvalue weighted by atomic mass is 32.2. The van der Waals surface area contributed by atoms with Crippen molar-refractivity contribution in [2.45, 2.75) is 13.8 Å². The number of amides is 1. The Hall–Kier alpha value is -2.75. The summed E-state index contributed by atoms with van der Waals surface area (Å²) in [6, 6.07) is 12.2. The van der Waals surface area contributed by atoms with E-state index in [0.29, 0.717) is 20.3 Å². The topological polar surface area (TPSA) is 67.7 Å². The number of hydrogen-bond donors (Lipinski definition) is 0. The zero-order chi connectivity index (χ0) is 20.8. The van der Waals surface area contributed by atoms with Gasteiger partial charge in [-0.05, 0) is 61.0 Å². The molecule has 1 aliphatic rings. The van der Waals surface area contributed by atoms with Crippen LogP contribution in [0.5, 0.6) is 0 Å². The molecule has 0 saturated carbocycles. The number of rotatable bonds is 3. The third kappa shape index (κ3) is 3.38. The minimum atomic E-state index is -0.201. The van der Waals surface area contributed by atoms with Gasteiger partial charge in [-0.15, -0.1) is 0 Å². The molecule has 0 radical (unpaired) electrons. The maximum absolute atomic E-state index is 13.1. The standard InChI is InChI=1S/C21H16N4O2S3/c1-11-4-6-13-15(8-11)28-19(22-13)24-21-25(18(26)17(30-21)10-27-3)20-23-14-7-5-12(2)9-16(14)29-20/h4-10H,1-3H3/b17-10-,24-21-. The van der Waals surface area contributed by atoms with E-state index >= 15 is 0 Å². The van der Waals surface area contributed by atoms with E-state index in [1.54, 1.807) is 4.90 Å². The van der Waals surface area contributed by atoms with Gasteiger partial charge in [0.15, 0.2) is 10.3 Å².